The van der Waals surface area contributed by atoms with E-state index in [0.717, 1.165) is 34.0 Å². The Bertz CT molecular complexity index is 884. The predicted octanol–water partition coefficient (Wildman–Crippen LogP) is 3.47. The molecule has 0 N–H and O–H groups in total. The van der Waals surface area contributed by atoms with Crippen molar-refractivity contribution in [2.45, 2.75) is 26.7 Å². The Morgan fingerprint density at radius 1 is 1.07 bits per heavy atom. The molecule has 0 radical (unpaired) electrons. The number of likely N-dealkylation sites (tertiary alicyclic amines) is 1. The van der Waals surface area contributed by atoms with Gasteiger partial charge >= 0.3 is 0 Å². The molecule has 0 unspecified atom stereocenters. The van der Waals surface area contributed by atoms with Crippen LogP contribution < -0.4 is 0 Å². The van der Waals surface area contributed by atoms with Crippen molar-refractivity contribution >= 4 is 23.2 Å². The molecule has 2 aliphatic heterocycles. The van der Waals surface area contributed by atoms with E-state index in [4.69, 9.17) is 4.74 Å². The van der Waals surface area contributed by atoms with Crippen LogP contribution in [0.1, 0.15) is 35.1 Å². The van der Waals surface area contributed by atoms with Crippen molar-refractivity contribution in [1.82, 2.24) is 14.8 Å². The molecule has 6 nitrogen and oxygen atoms in total. The van der Waals surface area contributed by atoms with Crippen LogP contribution in [0.4, 0.5) is 0 Å². The normalized spacial score (nSPS) is 19.0. The van der Waals surface area contributed by atoms with Gasteiger partial charge < -0.3 is 14.5 Å². The van der Waals surface area contributed by atoms with E-state index in [1.807, 2.05) is 54.0 Å². The number of hydrogen-bond acceptors (Lipinski definition) is 5. The second kappa shape index (κ2) is 9.27. The van der Waals surface area contributed by atoms with Crippen LogP contribution in [0.3, 0.4) is 0 Å². The maximum atomic E-state index is 13.1. The highest BCUT2D eigenvalue weighted by atomic mass is 32.1. The Labute approximate surface area is 181 Å². The summed E-state index contributed by atoms with van der Waals surface area (Å²) in [6.45, 7) is 7.98. The van der Waals surface area contributed by atoms with Crippen LogP contribution in [0, 0.1) is 18.8 Å². The predicted molar refractivity (Wildman–Crippen MR) is 117 cm³/mol. The summed E-state index contributed by atoms with van der Waals surface area (Å²) in [5.74, 6) is 0.619. The second-order valence-electron chi connectivity index (χ2n) is 8.16. The Kier molecular flexibility index (Phi) is 6.49. The van der Waals surface area contributed by atoms with E-state index in [9.17, 15) is 9.59 Å². The Balaban J connectivity index is 1.36. The number of rotatable bonds is 4. The molecular formula is C23H29N3O3S. The van der Waals surface area contributed by atoms with Gasteiger partial charge in [0.2, 0.25) is 5.91 Å². The molecule has 2 saturated heterocycles. The lowest BCUT2D eigenvalue weighted by Crippen LogP contribution is -2.47. The fraction of sp³-hybridized carbons (Fsp3) is 0.522. The maximum absolute atomic E-state index is 13.1. The van der Waals surface area contributed by atoms with E-state index < -0.39 is 0 Å². The molecule has 1 aromatic heterocycles. The second-order valence-corrected chi connectivity index (χ2v) is 9.15. The van der Waals surface area contributed by atoms with Gasteiger partial charge in [-0.25, -0.2) is 4.98 Å². The first-order chi connectivity index (χ1) is 14.5. The summed E-state index contributed by atoms with van der Waals surface area (Å²) in [7, 11) is 0. The molecule has 7 heteroatoms. The van der Waals surface area contributed by atoms with E-state index in [-0.39, 0.29) is 17.7 Å². The Morgan fingerprint density at radius 3 is 2.40 bits per heavy atom. The number of ether oxygens (including phenoxy) is 1. The highest BCUT2D eigenvalue weighted by Crippen LogP contribution is 2.31. The van der Waals surface area contributed by atoms with E-state index in [0.29, 0.717) is 45.3 Å². The van der Waals surface area contributed by atoms with Gasteiger partial charge in [0.25, 0.3) is 5.91 Å². The van der Waals surface area contributed by atoms with Crippen LogP contribution in [-0.4, -0.2) is 66.0 Å². The summed E-state index contributed by atoms with van der Waals surface area (Å²) in [5, 5.41) is 0.885. The minimum Gasteiger partial charge on any atom is -0.378 e. The Hall–Kier alpha value is -2.25. The summed E-state index contributed by atoms with van der Waals surface area (Å²) < 4.78 is 5.35. The number of thiazole rings is 1. The molecule has 2 fully saturated rings. The molecule has 30 heavy (non-hydrogen) atoms. The van der Waals surface area contributed by atoms with Crippen LogP contribution in [0.5, 0.6) is 0 Å². The number of nitrogens with zero attached hydrogens (tertiary/aromatic N) is 3. The average molecular weight is 428 g/mol. The van der Waals surface area contributed by atoms with Crippen LogP contribution in [-0.2, 0) is 9.53 Å². The van der Waals surface area contributed by atoms with Crippen molar-refractivity contribution in [1.29, 1.82) is 0 Å². The summed E-state index contributed by atoms with van der Waals surface area (Å²) in [6, 6.07) is 9.98. The number of piperidine rings is 1. The van der Waals surface area contributed by atoms with Gasteiger partial charge in [-0.2, -0.15) is 0 Å². The molecule has 160 valence electrons. The van der Waals surface area contributed by atoms with Gasteiger partial charge in [-0.3, -0.25) is 9.59 Å². The molecule has 2 aromatic rings. The maximum Gasteiger partial charge on any atom is 0.265 e. The topological polar surface area (TPSA) is 62.7 Å². The van der Waals surface area contributed by atoms with Gasteiger partial charge in [0.1, 0.15) is 9.88 Å². The van der Waals surface area contributed by atoms with Crippen molar-refractivity contribution in [2.75, 3.05) is 39.4 Å². The lowest BCUT2D eigenvalue weighted by Gasteiger charge is -2.37. The van der Waals surface area contributed by atoms with Crippen molar-refractivity contribution in [3.63, 3.8) is 0 Å². The summed E-state index contributed by atoms with van der Waals surface area (Å²) in [6.07, 6.45) is 1.73. The number of benzene rings is 1. The molecule has 2 aliphatic rings. The van der Waals surface area contributed by atoms with Crippen LogP contribution >= 0.6 is 11.3 Å². The monoisotopic (exact) mass is 427 g/mol. The van der Waals surface area contributed by atoms with Crippen LogP contribution in [0.15, 0.2) is 30.3 Å². The zero-order chi connectivity index (χ0) is 21.1. The van der Waals surface area contributed by atoms with Crippen molar-refractivity contribution in [3.05, 3.63) is 40.9 Å². The minimum atomic E-state index is -0.00447. The molecule has 0 spiro atoms. The SMILES string of the molecule is Cc1nc(-c2ccccc2)sc1C(=O)N1CCC([C@@H](C)C(=O)N2CCOCC2)CC1. The fourth-order valence-corrected chi connectivity index (χ4v) is 5.36. The third-order valence-electron chi connectivity index (χ3n) is 6.26. The average Bonchev–Trinajstić information content (AvgIpc) is 3.20. The number of aryl methyl sites for hydroxylation is 1. The van der Waals surface area contributed by atoms with Crippen LogP contribution in [0.25, 0.3) is 10.6 Å². The molecule has 0 bridgehead atoms. The smallest absolute Gasteiger partial charge is 0.265 e. The summed E-state index contributed by atoms with van der Waals surface area (Å²) >= 11 is 1.47. The zero-order valence-corrected chi connectivity index (χ0v) is 18.5. The highest BCUT2D eigenvalue weighted by molar-refractivity contribution is 7.17. The number of carbonyl (C=O) groups excluding carboxylic acids is 2. The van der Waals surface area contributed by atoms with Crippen molar-refractivity contribution in [2.24, 2.45) is 11.8 Å². The summed E-state index contributed by atoms with van der Waals surface area (Å²) in [4.78, 5) is 35.1. The fourth-order valence-electron chi connectivity index (χ4n) is 4.32. The third kappa shape index (κ3) is 4.42. The molecule has 1 atom stereocenters. The van der Waals surface area contributed by atoms with E-state index in [1.165, 1.54) is 11.3 Å². The third-order valence-corrected chi connectivity index (χ3v) is 7.45. The quantitative estimate of drug-likeness (QED) is 0.750. The van der Waals surface area contributed by atoms with Gasteiger partial charge in [-0.05, 0) is 25.7 Å². The first-order valence-electron chi connectivity index (χ1n) is 10.7. The summed E-state index contributed by atoms with van der Waals surface area (Å²) in [5.41, 5.74) is 1.83. The number of aromatic nitrogens is 1. The van der Waals surface area contributed by atoms with Crippen LogP contribution in [0.2, 0.25) is 0 Å². The van der Waals surface area contributed by atoms with Gasteiger partial charge in [0.15, 0.2) is 0 Å². The Morgan fingerprint density at radius 2 is 1.73 bits per heavy atom. The number of carbonyl (C=O) groups is 2. The molecule has 3 heterocycles. The number of morpholine rings is 1. The molecule has 0 aliphatic carbocycles. The first-order valence-corrected chi connectivity index (χ1v) is 11.5. The highest BCUT2D eigenvalue weighted by Gasteiger charge is 2.33. The molecule has 1 aromatic carbocycles. The minimum absolute atomic E-state index is 0.00447. The van der Waals surface area contributed by atoms with E-state index in [2.05, 4.69) is 4.98 Å². The molecule has 2 amide bonds. The number of hydrogen-bond donors (Lipinski definition) is 0. The van der Waals surface area contributed by atoms with Crippen molar-refractivity contribution in [3.8, 4) is 10.6 Å². The largest absolute Gasteiger partial charge is 0.378 e. The lowest BCUT2D eigenvalue weighted by molar-refractivity contribution is -0.141. The standard InChI is InChI=1S/C23H29N3O3S/c1-16(22(27)26-12-14-29-15-13-26)18-8-10-25(11-9-18)23(28)20-17(2)24-21(30-20)19-6-4-3-5-7-19/h3-7,16,18H,8-15H2,1-2H3/t16-/m1/s1. The zero-order valence-electron chi connectivity index (χ0n) is 17.7. The number of amides is 2. The lowest BCUT2D eigenvalue weighted by atomic mass is 9.84. The van der Waals surface area contributed by atoms with E-state index >= 15 is 0 Å². The van der Waals surface area contributed by atoms with Gasteiger partial charge in [-0.15, -0.1) is 11.3 Å². The van der Waals surface area contributed by atoms with E-state index in [1.54, 1.807) is 0 Å². The van der Waals surface area contributed by atoms with Gasteiger partial charge in [0.05, 0.1) is 18.9 Å². The van der Waals surface area contributed by atoms with Crippen molar-refractivity contribution < 1.29 is 14.3 Å². The molecular weight excluding hydrogens is 398 g/mol. The molecule has 4 rings (SSSR count). The van der Waals surface area contributed by atoms with Gasteiger partial charge in [0, 0.05) is 37.7 Å². The van der Waals surface area contributed by atoms with Gasteiger partial charge in [-0.1, -0.05) is 37.3 Å². The first kappa shape index (κ1) is 21.0. The molecule has 0 saturated carbocycles.